The van der Waals surface area contributed by atoms with E-state index in [4.69, 9.17) is 4.98 Å². The van der Waals surface area contributed by atoms with Crippen molar-refractivity contribution in [3.8, 4) is 10.7 Å². The third-order valence-corrected chi connectivity index (χ3v) is 5.71. The molecule has 0 radical (unpaired) electrons. The van der Waals surface area contributed by atoms with Crippen LogP contribution in [0.25, 0.3) is 10.7 Å². The standard InChI is InChI=1S/C18H24N4S.ClH/c1-2-8-19-17(3-1)18-21-16(13-23-18)12-22-9-6-15(7-10-22)20-11-14-4-5-14;/h1-3,8,13-15,20H,4-7,9-12H2;1H. The summed E-state index contributed by atoms with van der Waals surface area (Å²) in [5, 5.41) is 6.96. The monoisotopic (exact) mass is 364 g/mol. The first-order valence-electron chi connectivity index (χ1n) is 8.68. The number of hydrogen-bond donors (Lipinski definition) is 1. The summed E-state index contributed by atoms with van der Waals surface area (Å²) in [6.07, 6.45) is 7.24. The van der Waals surface area contributed by atoms with Crippen molar-refractivity contribution in [1.82, 2.24) is 20.2 Å². The molecule has 6 heteroatoms. The second-order valence-corrected chi connectivity index (χ2v) is 7.62. The molecular weight excluding hydrogens is 340 g/mol. The largest absolute Gasteiger partial charge is 0.314 e. The van der Waals surface area contributed by atoms with Gasteiger partial charge < -0.3 is 5.32 Å². The summed E-state index contributed by atoms with van der Waals surface area (Å²) in [5.41, 5.74) is 2.16. The Balaban J connectivity index is 0.00000169. The third kappa shape index (κ3) is 4.76. The predicted molar refractivity (Wildman–Crippen MR) is 102 cm³/mol. The van der Waals surface area contributed by atoms with E-state index in [1.165, 1.54) is 51.0 Å². The molecule has 0 amide bonds. The van der Waals surface area contributed by atoms with Crippen LogP contribution in [0.3, 0.4) is 0 Å². The van der Waals surface area contributed by atoms with Gasteiger partial charge in [-0.05, 0) is 50.3 Å². The Kier molecular flexibility index (Phi) is 6.22. The quantitative estimate of drug-likeness (QED) is 0.850. The van der Waals surface area contributed by atoms with Crippen molar-refractivity contribution in [3.63, 3.8) is 0 Å². The molecule has 1 saturated heterocycles. The average Bonchev–Trinajstić information content (AvgIpc) is 3.32. The highest BCUT2D eigenvalue weighted by atomic mass is 35.5. The molecule has 0 bridgehead atoms. The molecule has 1 N–H and O–H groups in total. The van der Waals surface area contributed by atoms with Crippen LogP contribution in [0.1, 0.15) is 31.4 Å². The zero-order chi connectivity index (χ0) is 15.5. The molecule has 0 spiro atoms. The number of pyridine rings is 1. The van der Waals surface area contributed by atoms with Gasteiger partial charge in [0, 0.05) is 37.3 Å². The van der Waals surface area contributed by atoms with E-state index in [1.54, 1.807) is 11.3 Å². The first kappa shape index (κ1) is 17.8. The molecule has 4 rings (SSSR count). The van der Waals surface area contributed by atoms with Gasteiger partial charge in [0.25, 0.3) is 0 Å². The Labute approximate surface area is 154 Å². The van der Waals surface area contributed by atoms with E-state index in [0.29, 0.717) is 0 Å². The third-order valence-electron chi connectivity index (χ3n) is 4.80. The molecule has 1 aliphatic carbocycles. The molecule has 2 aromatic heterocycles. The molecule has 3 heterocycles. The van der Waals surface area contributed by atoms with Crippen molar-refractivity contribution in [3.05, 3.63) is 35.5 Å². The lowest BCUT2D eigenvalue weighted by Crippen LogP contribution is -2.42. The van der Waals surface area contributed by atoms with Crippen LogP contribution >= 0.6 is 23.7 Å². The summed E-state index contributed by atoms with van der Waals surface area (Å²) in [7, 11) is 0. The number of halogens is 1. The minimum atomic E-state index is 0. The van der Waals surface area contributed by atoms with Crippen LogP contribution in [-0.4, -0.2) is 40.5 Å². The van der Waals surface area contributed by atoms with E-state index >= 15 is 0 Å². The van der Waals surface area contributed by atoms with Gasteiger partial charge in [-0.1, -0.05) is 6.07 Å². The molecular formula is C18H25ClN4S. The number of thiazole rings is 1. The van der Waals surface area contributed by atoms with Crippen molar-refractivity contribution in [2.75, 3.05) is 19.6 Å². The molecule has 0 aromatic carbocycles. The van der Waals surface area contributed by atoms with Crippen LogP contribution in [0, 0.1) is 5.92 Å². The lowest BCUT2D eigenvalue weighted by atomic mass is 10.0. The van der Waals surface area contributed by atoms with Gasteiger partial charge in [-0.2, -0.15) is 0 Å². The highest BCUT2D eigenvalue weighted by molar-refractivity contribution is 7.13. The maximum absolute atomic E-state index is 4.76. The van der Waals surface area contributed by atoms with Crippen LogP contribution in [0.15, 0.2) is 29.8 Å². The van der Waals surface area contributed by atoms with Gasteiger partial charge >= 0.3 is 0 Å². The minimum absolute atomic E-state index is 0. The van der Waals surface area contributed by atoms with Crippen molar-refractivity contribution >= 4 is 23.7 Å². The van der Waals surface area contributed by atoms with Crippen molar-refractivity contribution in [1.29, 1.82) is 0 Å². The SMILES string of the molecule is Cl.c1ccc(-c2nc(CN3CCC(NCC4CC4)CC3)cs2)nc1. The Morgan fingerprint density at radius 3 is 2.71 bits per heavy atom. The van der Waals surface area contributed by atoms with Gasteiger partial charge in [0.2, 0.25) is 0 Å². The summed E-state index contributed by atoms with van der Waals surface area (Å²) >= 11 is 1.70. The summed E-state index contributed by atoms with van der Waals surface area (Å²) in [4.78, 5) is 11.7. The normalized spacial score (nSPS) is 19.2. The predicted octanol–water partition coefficient (Wildman–Crippen LogP) is 3.59. The first-order valence-corrected chi connectivity index (χ1v) is 9.56. The lowest BCUT2D eigenvalue weighted by molar-refractivity contribution is 0.188. The zero-order valence-corrected chi connectivity index (χ0v) is 15.5. The number of piperidine rings is 1. The number of hydrogen-bond acceptors (Lipinski definition) is 5. The fourth-order valence-electron chi connectivity index (χ4n) is 3.17. The van der Waals surface area contributed by atoms with Crippen LogP contribution in [0.4, 0.5) is 0 Å². The van der Waals surface area contributed by atoms with E-state index in [-0.39, 0.29) is 12.4 Å². The van der Waals surface area contributed by atoms with E-state index in [2.05, 4.69) is 20.6 Å². The number of aromatic nitrogens is 2. The smallest absolute Gasteiger partial charge is 0.142 e. The van der Waals surface area contributed by atoms with Gasteiger partial charge in [0.1, 0.15) is 5.01 Å². The molecule has 0 unspecified atom stereocenters. The maximum atomic E-state index is 4.76. The molecule has 130 valence electrons. The fourth-order valence-corrected chi connectivity index (χ4v) is 3.95. The second-order valence-electron chi connectivity index (χ2n) is 6.76. The minimum Gasteiger partial charge on any atom is -0.314 e. The Bertz CT molecular complexity index is 621. The van der Waals surface area contributed by atoms with Crippen molar-refractivity contribution < 1.29 is 0 Å². The molecule has 2 fully saturated rings. The van der Waals surface area contributed by atoms with Gasteiger partial charge in [0.05, 0.1) is 11.4 Å². The van der Waals surface area contributed by atoms with E-state index in [0.717, 1.165) is 29.2 Å². The summed E-state index contributed by atoms with van der Waals surface area (Å²) < 4.78 is 0. The number of nitrogens with zero attached hydrogens (tertiary/aromatic N) is 3. The van der Waals surface area contributed by atoms with Gasteiger partial charge in [-0.3, -0.25) is 9.88 Å². The highest BCUT2D eigenvalue weighted by Gasteiger charge is 2.24. The van der Waals surface area contributed by atoms with E-state index < -0.39 is 0 Å². The zero-order valence-electron chi connectivity index (χ0n) is 13.9. The highest BCUT2D eigenvalue weighted by Crippen LogP contribution is 2.28. The molecule has 1 aliphatic heterocycles. The maximum Gasteiger partial charge on any atom is 0.142 e. The van der Waals surface area contributed by atoms with Gasteiger partial charge in [0.15, 0.2) is 0 Å². The van der Waals surface area contributed by atoms with Crippen molar-refractivity contribution in [2.45, 2.75) is 38.3 Å². The van der Waals surface area contributed by atoms with Crippen LogP contribution in [-0.2, 0) is 6.54 Å². The summed E-state index contributed by atoms with van der Waals surface area (Å²) in [5.74, 6) is 0.980. The van der Waals surface area contributed by atoms with Crippen LogP contribution in [0.5, 0.6) is 0 Å². The first-order chi connectivity index (χ1) is 11.4. The van der Waals surface area contributed by atoms with E-state index in [1.807, 2.05) is 24.4 Å². The Morgan fingerprint density at radius 2 is 2.00 bits per heavy atom. The second kappa shape index (κ2) is 8.39. The number of likely N-dealkylation sites (tertiary alicyclic amines) is 1. The molecule has 2 aromatic rings. The van der Waals surface area contributed by atoms with Gasteiger partial charge in [-0.25, -0.2) is 4.98 Å². The van der Waals surface area contributed by atoms with Crippen LogP contribution < -0.4 is 5.32 Å². The Hall–Kier alpha value is -1.01. The molecule has 24 heavy (non-hydrogen) atoms. The summed E-state index contributed by atoms with van der Waals surface area (Å²) in [6.45, 7) is 4.57. The summed E-state index contributed by atoms with van der Waals surface area (Å²) in [6, 6.07) is 6.72. The molecule has 4 nitrogen and oxygen atoms in total. The lowest BCUT2D eigenvalue weighted by Gasteiger charge is -2.32. The van der Waals surface area contributed by atoms with Crippen molar-refractivity contribution in [2.24, 2.45) is 5.92 Å². The van der Waals surface area contributed by atoms with Crippen LogP contribution in [0.2, 0.25) is 0 Å². The number of rotatable bonds is 6. The Morgan fingerprint density at radius 1 is 1.17 bits per heavy atom. The average molecular weight is 365 g/mol. The van der Waals surface area contributed by atoms with Gasteiger partial charge in [-0.15, -0.1) is 23.7 Å². The molecule has 2 aliphatic rings. The molecule has 1 saturated carbocycles. The van der Waals surface area contributed by atoms with E-state index in [9.17, 15) is 0 Å². The topological polar surface area (TPSA) is 41.1 Å². The number of nitrogens with one attached hydrogen (secondary N) is 1. The molecule has 0 atom stereocenters. The fraction of sp³-hybridized carbons (Fsp3) is 0.556.